The van der Waals surface area contributed by atoms with Gasteiger partial charge in [0.1, 0.15) is 0 Å². The molecule has 0 aromatic heterocycles. The molecule has 3 rings (SSSR count). The van der Waals surface area contributed by atoms with E-state index in [0.717, 1.165) is 36.7 Å². The predicted molar refractivity (Wildman–Crippen MR) is 92.0 cm³/mol. The fourth-order valence-corrected chi connectivity index (χ4v) is 3.33. The van der Waals surface area contributed by atoms with Gasteiger partial charge in [0.2, 0.25) is 0 Å². The molecule has 1 aliphatic rings. The molecule has 116 valence electrons. The second-order valence-corrected chi connectivity index (χ2v) is 6.41. The van der Waals surface area contributed by atoms with Crippen LogP contribution in [0.5, 0.6) is 0 Å². The molecule has 0 amide bonds. The van der Waals surface area contributed by atoms with Gasteiger partial charge in [-0.3, -0.25) is 0 Å². The molecule has 0 saturated carbocycles. The maximum atomic E-state index is 6.35. The number of nitrogens with one attached hydrogen (secondary N) is 1. The molecule has 0 radical (unpaired) electrons. The van der Waals surface area contributed by atoms with Gasteiger partial charge in [0, 0.05) is 29.1 Å². The number of halogens is 2. The first-order chi connectivity index (χ1) is 10.7. The topological polar surface area (TPSA) is 21.3 Å². The molecule has 1 unspecified atom stereocenters. The Hall–Kier alpha value is -1.06. The van der Waals surface area contributed by atoms with Gasteiger partial charge in [0.25, 0.3) is 0 Å². The van der Waals surface area contributed by atoms with Crippen LogP contribution >= 0.6 is 23.2 Å². The molecule has 2 atom stereocenters. The first-order valence-corrected chi connectivity index (χ1v) is 8.31. The third-order valence-electron chi connectivity index (χ3n) is 4.08. The van der Waals surface area contributed by atoms with E-state index in [4.69, 9.17) is 27.9 Å². The number of hydrogen-bond acceptors (Lipinski definition) is 2. The van der Waals surface area contributed by atoms with Crippen molar-refractivity contribution in [1.29, 1.82) is 0 Å². The Labute approximate surface area is 141 Å². The molecule has 1 N–H and O–H groups in total. The van der Waals surface area contributed by atoms with Gasteiger partial charge in [-0.25, -0.2) is 0 Å². The standard InChI is InChI=1S/C18H19Cl2NO/c19-15-6-7-17(20)14(10-15)11-16(13-4-2-1-3-5-13)18-12-21-8-9-22-18/h1-7,10,16,18,21H,8-9,11-12H2/t16?,18-/m0/s1. The van der Waals surface area contributed by atoms with Crippen LogP contribution in [0.25, 0.3) is 0 Å². The predicted octanol–water partition coefficient (Wildman–Crippen LogP) is 4.31. The van der Waals surface area contributed by atoms with Crippen LogP contribution in [0.1, 0.15) is 17.0 Å². The second-order valence-electron chi connectivity index (χ2n) is 5.57. The lowest BCUT2D eigenvalue weighted by Gasteiger charge is -2.31. The van der Waals surface area contributed by atoms with Crippen molar-refractivity contribution in [3.05, 3.63) is 69.7 Å². The van der Waals surface area contributed by atoms with Crippen LogP contribution in [-0.4, -0.2) is 25.8 Å². The molecule has 2 aromatic carbocycles. The Morgan fingerprint density at radius 1 is 1.14 bits per heavy atom. The zero-order valence-electron chi connectivity index (χ0n) is 12.3. The minimum atomic E-state index is 0.145. The molecule has 2 nitrogen and oxygen atoms in total. The average molecular weight is 336 g/mol. The number of rotatable bonds is 4. The third-order valence-corrected chi connectivity index (χ3v) is 4.68. The van der Waals surface area contributed by atoms with E-state index in [1.165, 1.54) is 5.56 Å². The largest absolute Gasteiger partial charge is 0.375 e. The van der Waals surface area contributed by atoms with Crippen molar-refractivity contribution in [2.24, 2.45) is 0 Å². The highest BCUT2D eigenvalue weighted by atomic mass is 35.5. The quantitative estimate of drug-likeness (QED) is 0.898. The normalized spacial score (nSPS) is 19.8. The van der Waals surface area contributed by atoms with Crippen LogP contribution in [-0.2, 0) is 11.2 Å². The summed E-state index contributed by atoms with van der Waals surface area (Å²) < 4.78 is 6.00. The summed E-state index contributed by atoms with van der Waals surface area (Å²) in [5.74, 6) is 0.255. The highest BCUT2D eigenvalue weighted by molar-refractivity contribution is 6.33. The van der Waals surface area contributed by atoms with Crippen molar-refractivity contribution in [1.82, 2.24) is 5.32 Å². The lowest BCUT2D eigenvalue weighted by molar-refractivity contribution is 0.0110. The fourth-order valence-electron chi connectivity index (χ4n) is 2.94. The van der Waals surface area contributed by atoms with Crippen molar-refractivity contribution in [2.75, 3.05) is 19.7 Å². The van der Waals surface area contributed by atoms with Gasteiger partial charge in [-0.2, -0.15) is 0 Å². The Kier molecular flexibility index (Phi) is 5.37. The Morgan fingerprint density at radius 3 is 2.68 bits per heavy atom. The molecule has 22 heavy (non-hydrogen) atoms. The number of benzene rings is 2. The SMILES string of the molecule is Clc1ccc(Cl)c(CC(c2ccccc2)[C@@H]2CNCCO2)c1. The monoisotopic (exact) mass is 335 g/mol. The van der Waals surface area contributed by atoms with Crippen molar-refractivity contribution >= 4 is 23.2 Å². The lowest BCUT2D eigenvalue weighted by Crippen LogP contribution is -2.42. The lowest BCUT2D eigenvalue weighted by atomic mass is 9.86. The van der Waals surface area contributed by atoms with Crippen molar-refractivity contribution in [2.45, 2.75) is 18.4 Å². The smallest absolute Gasteiger partial charge is 0.0771 e. The molecule has 0 bridgehead atoms. The highest BCUT2D eigenvalue weighted by Gasteiger charge is 2.26. The molecule has 2 aromatic rings. The summed E-state index contributed by atoms with van der Waals surface area (Å²) in [6.45, 7) is 2.52. The van der Waals surface area contributed by atoms with Gasteiger partial charge >= 0.3 is 0 Å². The maximum Gasteiger partial charge on any atom is 0.0771 e. The molecule has 1 heterocycles. The zero-order valence-corrected chi connectivity index (χ0v) is 13.8. The van der Waals surface area contributed by atoms with E-state index < -0.39 is 0 Å². The van der Waals surface area contributed by atoms with Gasteiger partial charge in [-0.15, -0.1) is 0 Å². The van der Waals surface area contributed by atoms with E-state index in [1.807, 2.05) is 24.3 Å². The Balaban J connectivity index is 1.89. The first-order valence-electron chi connectivity index (χ1n) is 7.55. The molecule has 0 aliphatic carbocycles. The van der Waals surface area contributed by atoms with E-state index in [-0.39, 0.29) is 12.0 Å². The molecule has 0 spiro atoms. The van der Waals surface area contributed by atoms with E-state index in [0.29, 0.717) is 5.02 Å². The van der Waals surface area contributed by atoms with Gasteiger partial charge in [0.15, 0.2) is 0 Å². The van der Waals surface area contributed by atoms with Crippen LogP contribution in [0, 0.1) is 0 Å². The molecule has 1 aliphatic heterocycles. The average Bonchev–Trinajstić information content (AvgIpc) is 2.57. The van der Waals surface area contributed by atoms with Crippen LogP contribution < -0.4 is 5.32 Å². The minimum Gasteiger partial charge on any atom is -0.375 e. The number of morpholine rings is 1. The second kappa shape index (κ2) is 7.47. The van der Waals surface area contributed by atoms with Crippen molar-refractivity contribution < 1.29 is 4.74 Å². The van der Waals surface area contributed by atoms with Crippen LogP contribution in [0.15, 0.2) is 48.5 Å². The van der Waals surface area contributed by atoms with Gasteiger partial charge in [-0.05, 0) is 35.7 Å². The van der Waals surface area contributed by atoms with E-state index in [2.05, 4.69) is 29.6 Å². The fraction of sp³-hybridized carbons (Fsp3) is 0.333. The minimum absolute atomic E-state index is 0.145. The summed E-state index contributed by atoms with van der Waals surface area (Å²) in [6.07, 6.45) is 0.960. The molecular formula is C18H19Cl2NO. The van der Waals surface area contributed by atoms with E-state index in [9.17, 15) is 0 Å². The third kappa shape index (κ3) is 3.82. The zero-order chi connectivity index (χ0) is 15.4. The summed E-state index contributed by atoms with van der Waals surface area (Å²) >= 11 is 12.5. The molecule has 1 fully saturated rings. The Bertz CT molecular complexity index is 612. The summed E-state index contributed by atoms with van der Waals surface area (Å²) in [6, 6.07) is 16.1. The summed E-state index contributed by atoms with van der Waals surface area (Å²) in [7, 11) is 0. The first kappa shape index (κ1) is 15.8. The molecule has 1 saturated heterocycles. The highest BCUT2D eigenvalue weighted by Crippen LogP contribution is 2.31. The number of ether oxygens (including phenoxy) is 1. The van der Waals surface area contributed by atoms with Crippen LogP contribution in [0.2, 0.25) is 10.0 Å². The van der Waals surface area contributed by atoms with Crippen LogP contribution in [0.4, 0.5) is 0 Å². The maximum absolute atomic E-state index is 6.35. The summed E-state index contributed by atoms with van der Waals surface area (Å²) in [4.78, 5) is 0. The van der Waals surface area contributed by atoms with Gasteiger partial charge < -0.3 is 10.1 Å². The van der Waals surface area contributed by atoms with Crippen molar-refractivity contribution in [3.8, 4) is 0 Å². The van der Waals surface area contributed by atoms with E-state index >= 15 is 0 Å². The number of hydrogen-bond donors (Lipinski definition) is 1. The van der Waals surface area contributed by atoms with Crippen molar-refractivity contribution in [3.63, 3.8) is 0 Å². The van der Waals surface area contributed by atoms with E-state index in [1.54, 1.807) is 0 Å². The van der Waals surface area contributed by atoms with Gasteiger partial charge in [0.05, 0.1) is 12.7 Å². The summed E-state index contributed by atoms with van der Waals surface area (Å²) in [5, 5.41) is 4.89. The molecular weight excluding hydrogens is 317 g/mol. The van der Waals surface area contributed by atoms with Crippen LogP contribution in [0.3, 0.4) is 0 Å². The summed E-state index contributed by atoms with van der Waals surface area (Å²) in [5.41, 5.74) is 2.34. The van der Waals surface area contributed by atoms with Gasteiger partial charge in [-0.1, -0.05) is 53.5 Å². The Morgan fingerprint density at radius 2 is 1.95 bits per heavy atom. The molecule has 4 heteroatoms.